The van der Waals surface area contributed by atoms with Crippen LogP contribution in [0.2, 0.25) is 0 Å². The van der Waals surface area contributed by atoms with Crippen molar-refractivity contribution in [1.29, 1.82) is 0 Å². The van der Waals surface area contributed by atoms with Gasteiger partial charge in [0.2, 0.25) is 0 Å². The summed E-state index contributed by atoms with van der Waals surface area (Å²) in [6.45, 7) is 0. The predicted octanol–water partition coefficient (Wildman–Crippen LogP) is 3.13. The number of para-hydroxylation sites is 1. The largest absolute Gasteiger partial charge is 0.456 e. The zero-order valence-corrected chi connectivity index (χ0v) is 9.34. The van der Waals surface area contributed by atoms with Gasteiger partial charge >= 0.3 is 6.29 Å². The second-order valence-electron chi connectivity index (χ2n) is 4.13. The van der Waals surface area contributed by atoms with Crippen molar-refractivity contribution in [3.8, 4) is 12.3 Å². The number of terminal acetylenes is 1. The molecule has 3 nitrogen and oxygen atoms in total. The van der Waals surface area contributed by atoms with Gasteiger partial charge in [0.1, 0.15) is 23.4 Å². The Labute approximate surface area is 103 Å². The maximum atomic E-state index is 5.77. The molecule has 2 aliphatic rings. The first-order valence-electron chi connectivity index (χ1n) is 5.59. The highest BCUT2D eigenvalue weighted by Gasteiger charge is 2.31. The molecule has 2 aromatic rings. The molecule has 4 rings (SSSR count). The molecule has 0 saturated carbocycles. The highest BCUT2D eigenvalue weighted by Crippen LogP contribution is 2.44. The minimum Gasteiger partial charge on any atom is -0.456 e. The number of hydrogen-bond acceptors (Lipinski definition) is 3. The molecule has 1 aliphatic carbocycles. The summed E-state index contributed by atoms with van der Waals surface area (Å²) in [6, 6.07) is 7.88. The average molecular weight is 236 g/mol. The van der Waals surface area contributed by atoms with E-state index in [2.05, 4.69) is 5.92 Å². The summed E-state index contributed by atoms with van der Waals surface area (Å²) in [6.07, 6.45) is 8.12. The maximum Gasteiger partial charge on any atom is 0.305 e. The van der Waals surface area contributed by atoms with Crippen molar-refractivity contribution in [2.24, 2.45) is 0 Å². The minimum atomic E-state index is -0.657. The van der Waals surface area contributed by atoms with Gasteiger partial charge in [-0.1, -0.05) is 18.2 Å². The van der Waals surface area contributed by atoms with E-state index < -0.39 is 6.29 Å². The van der Waals surface area contributed by atoms with Crippen molar-refractivity contribution >= 4 is 22.6 Å². The molecule has 1 aromatic carbocycles. The number of hydrogen-bond donors (Lipinski definition) is 0. The van der Waals surface area contributed by atoms with Crippen molar-refractivity contribution < 1.29 is 13.9 Å². The van der Waals surface area contributed by atoms with Crippen LogP contribution in [-0.2, 0) is 9.47 Å². The number of rotatable bonds is 0. The van der Waals surface area contributed by atoms with E-state index in [9.17, 15) is 0 Å². The Bertz CT molecular complexity index is 756. The molecule has 1 atom stereocenters. The second-order valence-corrected chi connectivity index (χ2v) is 4.13. The molecule has 0 amide bonds. The Morgan fingerprint density at radius 1 is 1.22 bits per heavy atom. The van der Waals surface area contributed by atoms with Gasteiger partial charge in [-0.3, -0.25) is 0 Å². The smallest absolute Gasteiger partial charge is 0.305 e. The van der Waals surface area contributed by atoms with Crippen LogP contribution in [0.1, 0.15) is 11.3 Å². The van der Waals surface area contributed by atoms with Gasteiger partial charge in [0.05, 0.1) is 5.57 Å². The predicted molar refractivity (Wildman–Crippen MR) is 67.0 cm³/mol. The summed E-state index contributed by atoms with van der Waals surface area (Å²) in [5.41, 5.74) is 2.76. The number of furan rings is 1. The minimum absolute atomic E-state index is 0.657. The fourth-order valence-electron chi connectivity index (χ4n) is 2.32. The third-order valence-corrected chi connectivity index (χ3v) is 3.10. The number of fused-ring (bicyclic) bond motifs is 5. The molecule has 0 bridgehead atoms. The van der Waals surface area contributed by atoms with Crippen LogP contribution in [0, 0.1) is 12.3 Å². The molecule has 18 heavy (non-hydrogen) atoms. The molecular weight excluding hydrogens is 228 g/mol. The van der Waals surface area contributed by atoms with Crippen LogP contribution in [0.15, 0.2) is 40.7 Å². The van der Waals surface area contributed by atoms with E-state index >= 15 is 0 Å². The van der Waals surface area contributed by atoms with Crippen LogP contribution in [0.4, 0.5) is 0 Å². The van der Waals surface area contributed by atoms with Gasteiger partial charge in [0, 0.05) is 17.0 Å². The quantitative estimate of drug-likeness (QED) is 0.658. The van der Waals surface area contributed by atoms with Crippen LogP contribution < -0.4 is 0 Å². The summed E-state index contributed by atoms with van der Waals surface area (Å²) in [7, 11) is 0. The fourth-order valence-corrected chi connectivity index (χ4v) is 2.32. The molecule has 0 N–H and O–H groups in total. The Morgan fingerprint density at radius 3 is 3.00 bits per heavy atom. The molecule has 0 radical (unpaired) electrons. The fraction of sp³-hybridized carbons (Fsp3) is 0.0667. The van der Waals surface area contributed by atoms with Crippen LogP contribution in [-0.4, -0.2) is 6.29 Å². The van der Waals surface area contributed by atoms with Gasteiger partial charge in [-0.25, -0.2) is 0 Å². The van der Waals surface area contributed by atoms with Gasteiger partial charge in [0.15, 0.2) is 0 Å². The molecule has 2 heterocycles. The van der Waals surface area contributed by atoms with Crippen LogP contribution >= 0.6 is 0 Å². The number of allylic oxidation sites excluding steroid dienone is 1. The zero-order chi connectivity index (χ0) is 12.1. The normalized spacial score (nSPS) is 20.1. The standard InChI is InChI=1S/C15H8O3/c1-2-14-16-8-10-12(18-14)7-13-15(10)9-5-3-4-6-11(9)17-13/h1,3-8,14H. The van der Waals surface area contributed by atoms with Gasteiger partial charge in [-0.15, -0.1) is 6.42 Å². The second kappa shape index (κ2) is 3.21. The van der Waals surface area contributed by atoms with Crippen molar-refractivity contribution in [3.05, 3.63) is 47.6 Å². The lowest BCUT2D eigenvalue weighted by Gasteiger charge is -2.20. The molecule has 1 aromatic heterocycles. The Balaban J connectivity index is 1.94. The summed E-state index contributed by atoms with van der Waals surface area (Å²) in [5, 5.41) is 1.05. The first-order chi connectivity index (χ1) is 8.86. The van der Waals surface area contributed by atoms with E-state index in [0.29, 0.717) is 5.76 Å². The molecule has 1 unspecified atom stereocenters. The number of ether oxygens (including phenoxy) is 2. The van der Waals surface area contributed by atoms with E-state index in [-0.39, 0.29) is 0 Å². The van der Waals surface area contributed by atoms with Crippen molar-refractivity contribution in [2.45, 2.75) is 6.29 Å². The SMILES string of the molecule is C#CC1OC=C2C(=Cc3oc4ccccc4c32)O1. The van der Waals surface area contributed by atoms with Gasteiger partial charge in [-0.05, 0) is 12.0 Å². The Morgan fingerprint density at radius 2 is 2.11 bits per heavy atom. The summed E-state index contributed by atoms with van der Waals surface area (Å²) >= 11 is 0. The van der Waals surface area contributed by atoms with Crippen molar-refractivity contribution in [2.75, 3.05) is 0 Å². The highest BCUT2D eigenvalue weighted by molar-refractivity contribution is 6.03. The lowest BCUT2D eigenvalue weighted by Crippen LogP contribution is -2.16. The highest BCUT2D eigenvalue weighted by atomic mass is 16.7. The lowest BCUT2D eigenvalue weighted by molar-refractivity contribution is -0.0329. The third kappa shape index (κ3) is 1.09. The maximum absolute atomic E-state index is 5.77. The van der Waals surface area contributed by atoms with Gasteiger partial charge in [-0.2, -0.15) is 0 Å². The van der Waals surface area contributed by atoms with E-state index in [1.54, 1.807) is 6.26 Å². The molecule has 0 saturated heterocycles. The Kier molecular flexibility index (Phi) is 1.68. The van der Waals surface area contributed by atoms with Crippen LogP contribution in [0.25, 0.3) is 22.6 Å². The molecule has 86 valence electrons. The van der Waals surface area contributed by atoms with E-state index in [0.717, 1.165) is 27.9 Å². The Hall–Kier alpha value is -2.60. The molecule has 3 heteroatoms. The van der Waals surface area contributed by atoms with E-state index in [1.165, 1.54) is 0 Å². The van der Waals surface area contributed by atoms with E-state index in [1.807, 2.05) is 30.3 Å². The number of benzene rings is 1. The van der Waals surface area contributed by atoms with E-state index in [4.69, 9.17) is 20.3 Å². The first kappa shape index (κ1) is 9.43. The average Bonchev–Trinajstić information content (AvgIpc) is 2.92. The zero-order valence-electron chi connectivity index (χ0n) is 9.34. The molecular formula is C15H8O3. The first-order valence-corrected chi connectivity index (χ1v) is 5.59. The monoisotopic (exact) mass is 236 g/mol. The van der Waals surface area contributed by atoms with Crippen molar-refractivity contribution in [1.82, 2.24) is 0 Å². The summed E-state index contributed by atoms with van der Waals surface area (Å²) in [5.74, 6) is 3.91. The molecule has 1 aliphatic heterocycles. The summed E-state index contributed by atoms with van der Waals surface area (Å²) in [4.78, 5) is 0. The van der Waals surface area contributed by atoms with Crippen molar-refractivity contribution in [3.63, 3.8) is 0 Å². The van der Waals surface area contributed by atoms with Crippen LogP contribution in [0.5, 0.6) is 0 Å². The molecule has 0 spiro atoms. The van der Waals surface area contributed by atoms with Gasteiger partial charge in [0.25, 0.3) is 0 Å². The van der Waals surface area contributed by atoms with Crippen LogP contribution in [0.3, 0.4) is 0 Å². The molecule has 0 fully saturated rings. The topological polar surface area (TPSA) is 31.6 Å². The third-order valence-electron chi connectivity index (χ3n) is 3.10. The lowest BCUT2D eigenvalue weighted by atomic mass is 10.1. The summed E-state index contributed by atoms with van der Waals surface area (Å²) < 4.78 is 16.6. The van der Waals surface area contributed by atoms with Gasteiger partial charge < -0.3 is 13.9 Å².